The van der Waals surface area contributed by atoms with Crippen molar-refractivity contribution in [2.75, 3.05) is 0 Å². The fraction of sp³-hybridized carbons (Fsp3) is 0. The maximum atomic E-state index is 5.23. The topological polar surface area (TPSA) is 89.1 Å². The van der Waals surface area contributed by atoms with E-state index in [1.165, 1.54) is 119 Å². The first-order valence-corrected chi connectivity index (χ1v) is 38.2. The van der Waals surface area contributed by atoms with E-state index in [0.29, 0.717) is 0 Å². The molecule has 0 unspecified atom stereocenters. The molecular weight excluding hydrogens is 1380 g/mol. The Bertz CT molecular complexity index is 7780. The van der Waals surface area contributed by atoms with Crippen molar-refractivity contribution < 1.29 is 0 Å². The molecule has 0 aliphatic heterocycles. The minimum absolute atomic E-state index is 0.812. The van der Waals surface area contributed by atoms with Crippen molar-refractivity contribution in [3.63, 3.8) is 0 Å². The molecule has 0 spiro atoms. The molecule has 0 saturated heterocycles. The van der Waals surface area contributed by atoms with E-state index >= 15 is 0 Å². The molecule has 17 aromatic carbocycles. The van der Waals surface area contributed by atoms with Gasteiger partial charge in [0.25, 0.3) is 0 Å². The van der Waals surface area contributed by atoms with Crippen molar-refractivity contribution in [2.24, 2.45) is 0 Å². The van der Waals surface area contributed by atoms with E-state index < -0.39 is 0 Å². The van der Waals surface area contributed by atoms with Crippen molar-refractivity contribution in [3.8, 4) is 62.9 Å². The predicted molar refractivity (Wildman–Crippen MR) is 469 cm³/mol. The van der Waals surface area contributed by atoms with E-state index in [0.717, 1.165) is 84.9 Å². The Balaban J connectivity index is 0.000000105. The van der Waals surface area contributed by atoms with Gasteiger partial charge in [0.1, 0.15) is 5.82 Å². The van der Waals surface area contributed by atoms with Crippen molar-refractivity contribution in [1.82, 2.24) is 48.0 Å². The van der Waals surface area contributed by atoms with Crippen molar-refractivity contribution in [3.05, 3.63) is 401 Å². The van der Waals surface area contributed by atoms with Crippen LogP contribution in [0.25, 0.3) is 204 Å². The summed E-state index contributed by atoms with van der Waals surface area (Å²) in [5.74, 6) is 3.43. The largest absolute Gasteiger partial charge is 0.309 e. The minimum atomic E-state index is 0.812. The number of para-hydroxylation sites is 6. The zero-order valence-electron chi connectivity index (χ0n) is 61.1. The smallest absolute Gasteiger partial charge is 0.220 e. The highest BCUT2D eigenvalue weighted by molar-refractivity contribution is 6.26. The number of benzene rings is 17. The Morgan fingerprint density at radius 3 is 1.06 bits per heavy atom. The van der Waals surface area contributed by atoms with E-state index in [9.17, 15) is 0 Å². The van der Waals surface area contributed by atoms with Gasteiger partial charge in [-0.15, -0.1) is 10.2 Å². The fourth-order valence-electron chi connectivity index (χ4n) is 17.4. The van der Waals surface area contributed by atoms with Gasteiger partial charge in [-0.05, 0) is 139 Å². The van der Waals surface area contributed by atoms with Gasteiger partial charge in [0.15, 0.2) is 11.6 Å². The summed E-state index contributed by atoms with van der Waals surface area (Å²) in [6.45, 7) is 0. The molecule has 528 valence electrons. The lowest BCUT2D eigenvalue weighted by Crippen LogP contribution is -2.05. The maximum Gasteiger partial charge on any atom is 0.220 e. The molecule has 0 fully saturated rings. The van der Waals surface area contributed by atoms with Gasteiger partial charge in [-0.25, -0.2) is 9.97 Å². The van der Waals surface area contributed by atoms with Gasteiger partial charge in [-0.3, -0.25) is 23.3 Å². The van der Waals surface area contributed by atoms with E-state index in [2.05, 4.69) is 372 Å². The lowest BCUT2D eigenvalue weighted by molar-refractivity contribution is 0.957. The third kappa shape index (κ3) is 10.7. The zero-order valence-corrected chi connectivity index (χ0v) is 61.1. The van der Waals surface area contributed by atoms with Gasteiger partial charge in [0.2, 0.25) is 5.95 Å². The lowest BCUT2D eigenvalue weighted by atomic mass is 9.99. The normalized spacial score (nSPS) is 11.7. The van der Waals surface area contributed by atoms with Crippen LogP contribution < -0.4 is 0 Å². The summed E-state index contributed by atoms with van der Waals surface area (Å²) >= 11 is 0. The van der Waals surface area contributed by atoms with Crippen LogP contribution in [0.4, 0.5) is 0 Å². The summed E-state index contributed by atoms with van der Waals surface area (Å²) in [6.07, 6.45) is 3.73. The van der Waals surface area contributed by atoms with Gasteiger partial charge in [0.05, 0.1) is 49.8 Å². The molecule has 0 amide bonds. The minimum Gasteiger partial charge on any atom is -0.309 e. The Hall–Kier alpha value is -15.4. The second kappa shape index (κ2) is 26.8. The van der Waals surface area contributed by atoms with Crippen LogP contribution in [0.2, 0.25) is 0 Å². The van der Waals surface area contributed by atoms with Gasteiger partial charge in [-0.2, -0.15) is 0 Å². The number of aromatic nitrogens is 10. The summed E-state index contributed by atoms with van der Waals surface area (Å²) in [5.41, 5.74) is 16.4. The third-order valence-corrected chi connectivity index (χ3v) is 22.5. The summed E-state index contributed by atoms with van der Waals surface area (Å²) in [5, 5.41) is 31.8. The molecule has 0 atom stereocenters. The van der Waals surface area contributed by atoms with E-state index in [4.69, 9.17) is 9.97 Å². The van der Waals surface area contributed by atoms with Crippen molar-refractivity contribution in [2.45, 2.75) is 0 Å². The van der Waals surface area contributed by atoms with Crippen molar-refractivity contribution in [1.29, 1.82) is 0 Å². The number of rotatable bonds is 8. The first-order valence-electron chi connectivity index (χ1n) is 38.2. The molecule has 0 N–H and O–H groups in total. The molecule has 24 aromatic rings. The standard InChI is InChI=1S/C40H26N4.C33H21N3.C30H19N3/c1-3-12-28(13-4-1)39-41-42-40(29-14-5-2-6-15-29)44(39)31-22-20-30(21-23-31)43-37-18-10-9-17-34(37)36-26-25-33-32-16-8-7-11-27(32)19-24-35(33)38(36)43;1-2-11-23(12-3-1)35-31-17-9-7-15-29(31)34-33(35)36-30-16-8-6-14-26(30)28-21-20-25-24-13-5-4-10-22(24)18-19-27(25)32(28)36;1-2-8-22-20(7-1)12-14-25-23(22)15-16-26-24-9-3-4-11-28(24)33(30(25)26)29-17-13-21(19-32-29)27-10-5-6-18-31-27/h1-26H;1-21H;1-19H. The Kier molecular flexibility index (Phi) is 15.3. The van der Waals surface area contributed by atoms with E-state index in [1.807, 2.05) is 67.0 Å². The van der Waals surface area contributed by atoms with Crippen molar-refractivity contribution >= 4 is 141 Å². The Morgan fingerprint density at radius 1 is 0.204 bits per heavy atom. The number of fused-ring (bicyclic) bond motifs is 22. The molecule has 0 saturated carbocycles. The maximum absolute atomic E-state index is 5.23. The van der Waals surface area contributed by atoms with E-state index in [1.54, 1.807) is 0 Å². The second-order valence-electron chi connectivity index (χ2n) is 28.7. The van der Waals surface area contributed by atoms with Gasteiger partial charge in [-0.1, -0.05) is 297 Å². The first-order chi connectivity index (χ1) is 56.1. The lowest BCUT2D eigenvalue weighted by Gasteiger charge is -2.14. The van der Waals surface area contributed by atoms with E-state index in [-0.39, 0.29) is 0 Å². The molecule has 113 heavy (non-hydrogen) atoms. The molecule has 7 aromatic heterocycles. The van der Waals surface area contributed by atoms with Crippen LogP contribution in [0, 0.1) is 0 Å². The number of pyridine rings is 2. The van der Waals surface area contributed by atoms with Crippen LogP contribution in [0.15, 0.2) is 401 Å². The molecule has 0 aliphatic rings. The van der Waals surface area contributed by atoms with Crippen LogP contribution in [0.3, 0.4) is 0 Å². The number of nitrogens with zero attached hydrogens (tertiary/aromatic N) is 10. The SMILES string of the molecule is c1ccc(-c2ccc(-n3c4ccccc4c4ccc5c6ccccc6ccc5c43)nc2)nc1.c1ccc(-c2nnc(-c3ccccc3)n2-c2ccc(-n3c4ccccc4c4ccc5c6ccccc6ccc5c43)cc2)cc1.c1ccc(-n2c(-n3c4ccccc4c4ccc5c6ccccc6ccc5c43)nc3ccccc32)cc1. The molecular formula is C103H66N10. The molecule has 0 radical (unpaired) electrons. The Labute approximate surface area is 648 Å². The van der Waals surface area contributed by atoms with Crippen LogP contribution in [0.1, 0.15) is 0 Å². The number of hydrogen-bond acceptors (Lipinski definition) is 5. The second-order valence-corrected chi connectivity index (χ2v) is 28.7. The fourth-order valence-corrected chi connectivity index (χ4v) is 17.4. The molecule has 0 aliphatic carbocycles. The summed E-state index contributed by atoms with van der Waals surface area (Å²) in [6, 6.07) is 137. The third-order valence-electron chi connectivity index (χ3n) is 22.5. The first kappa shape index (κ1) is 64.8. The molecule has 24 rings (SSSR count). The highest BCUT2D eigenvalue weighted by atomic mass is 15.3. The average molecular weight is 1440 g/mol. The monoisotopic (exact) mass is 1440 g/mol. The van der Waals surface area contributed by atoms with Crippen LogP contribution >= 0.6 is 0 Å². The zero-order chi connectivity index (χ0) is 74.5. The predicted octanol–water partition coefficient (Wildman–Crippen LogP) is 26.0. The summed E-state index contributed by atoms with van der Waals surface area (Å²) in [7, 11) is 0. The highest BCUT2D eigenvalue weighted by Crippen LogP contribution is 2.44. The molecule has 10 nitrogen and oxygen atoms in total. The average Bonchev–Trinajstić information content (AvgIpc) is 1.57. The van der Waals surface area contributed by atoms with Gasteiger partial charge >= 0.3 is 0 Å². The number of hydrogen-bond donors (Lipinski definition) is 0. The quantitative estimate of drug-likeness (QED) is 0.141. The molecule has 0 bridgehead atoms. The van der Waals surface area contributed by atoms with Crippen LogP contribution in [-0.4, -0.2) is 48.0 Å². The van der Waals surface area contributed by atoms with Gasteiger partial charge < -0.3 is 4.57 Å². The Morgan fingerprint density at radius 2 is 0.575 bits per heavy atom. The van der Waals surface area contributed by atoms with Gasteiger partial charge in [0, 0.05) is 94.6 Å². The number of imidazole rings is 1. The molecule has 7 heterocycles. The summed E-state index contributed by atoms with van der Waals surface area (Å²) < 4.78 is 11.5. The van der Waals surface area contributed by atoms with Crippen LogP contribution in [0.5, 0.6) is 0 Å². The highest BCUT2D eigenvalue weighted by Gasteiger charge is 2.25. The molecule has 10 heteroatoms. The van der Waals surface area contributed by atoms with Crippen LogP contribution in [-0.2, 0) is 0 Å². The summed E-state index contributed by atoms with van der Waals surface area (Å²) in [4.78, 5) is 14.6.